The third-order valence-electron chi connectivity index (χ3n) is 8.73. The van der Waals surface area contributed by atoms with E-state index in [1.54, 1.807) is 48.5 Å². The number of halogens is 1. The Morgan fingerprint density at radius 1 is 0.957 bits per heavy atom. The molecule has 0 saturated carbocycles. The number of fused-ring (bicyclic) bond motifs is 1. The van der Waals surface area contributed by atoms with Gasteiger partial charge in [-0.3, -0.25) is 14.6 Å². The van der Waals surface area contributed by atoms with Crippen molar-refractivity contribution in [3.63, 3.8) is 0 Å². The lowest BCUT2D eigenvalue weighted by atomic mass is 10.0. The van der Waals surface area contributed by atoms with Crippen molar-refractivity contribution in [3.8, 4) is 11.8 Å². The Kier molecular flexibility index (Phi) is 9.40. The third-order valence-corrected chi connectivity index (χ3v) is 9.86. The molecule has 0 spiro atoms. The number of hydrogen-bond donors (Lipinski definition) is 1. The molecule has 1 N–H and O–H groups in total. The molecular weight excluding hydrogens is 607 g/mol. The molecule has 2 aliphatic rings. The number of alkyl halides is 1. The third kappa shape index (κ3) is 7.76. The van der Waals surface area contributed by atoms with Crippen LogP contribution < -0.4 is 10.1 Å². The first-order valence-corrected chi connectivity index (χ1v) is 17.4. The summed E-state index contributed by atoms with van der Waals surface area (Å²) in [6, 6.07) is 23.5. The lowest BCUT2D eigenvalue weighted by molar-refractivity contribution is 0.0191. The zero-order valence-corrected chi connectivity index (χ0v) is 26.5. The fourth-order valence-corrected chi connectivity index (χ4v) is 6.77. The first-order valence-electron chi connectivity index (χ1n) is 15.5. The van der Waals surface area contributed by atoms with Crippen molar-refractivity contribution >= 4 is 26.7 Å². The molecule has 2 saturated heterocycles. The van der Waals surface area contributed by atoms with Gasteiger partial charge in [-0.2, -0.15) is 5.26 Å². The highest BCUT2D eigenvalue weighted by Crippen LogP contribution is 2.28. The second kappa shape index (κ2) is 13.6. The maximum Gasteiger partial charge on any atom is 0.287 e. The minimum atomic E-state index is -3.26. The van der Waals surface area contributed by atoms with Crippen molar-refractivity contribution in [1.82, 2.24) is 15.1 Å². The number of likely N-dealkylation sites (tertiary alicyclic amines) is 2. The minimum Gasteiger partial charge on any atom is -0.487 e. The maximum absolute atomic E-state index is 15.2. The number of piperidine rings is 2. The second-order valence-corrected chi connectivity index (χ2v) is 14.3. The average molecular weight is 645 g/mol. The van der Waals surface area contributed by atoms with Gasteiger partial charge in [0.2, 0.25) is 0 Å². The predicted octanol–water partition coefficient (Wildman–Crippen LogP) is 5.09. The summed E-state index contributed by atoms with van der Waals surface area (Å²) < 4.78 is 50.5. The van der Waals surface area contributed by atoms with Crippen LogP contribution in [0.25, 0.3) is 11.0 Å². The first kappa shape index (κ1) is 31.7. The summed E-state index contributed by atoms with van der Waals surface area (Å²) in [6.45, 7) is 3.92. The molecule has 2 unspecified atom stereocenters. The summed E-state index contributed by atoms with van der Waals surface area (Å²) in [6.07, 6.45) is 1.55. The quantitative estimate of drug-likeness (QED) is 0.268. The van der Waals surface area contributed by atoms with E-state index in [-0.39, 0.29) is 29.1 Å². The van der Waals surface area contributed by atoms with Crippen LogP contribution in [-0.4, -0.2) is 74.9 Å². The number of amides is 1. The summed E-state index contributed by atoms with van der Waals surface area (Å²) in [5.74, 6) is 0.493. The Hall–Kier alpha value is -4.24. The van der Waals surface area contributed by atoms with Gasteiger partial charge in [0, 0.05) is 57.0 Å². The summed E-state index contributed by atoms with van der Waals surface area (Å²) in [4.78, 5) is 17.6. The molecular formula is C35H37FN4O5S. The fraction of sp³-hybridized carbons (Fsp3) is 0.371. The van der Waals surface area contributed by atoms with E-state index in [1.165, 1.54) is 6.26 Å². The molecule has 3 heterocycles. The fourth-order valence-electron chi connectivity index (χ4n) is 6.14. The van der Waals surface area contributed by atoms with Gasteiger partial charge in [0.1, 0.15) is 23.6 Å². The van der Waals surface area contributed by atoms with Crippen molar-refractivity contribution in [2.24, 2.45) is 0 Å². The summed E-state index contributed by atoms with van der Waals surface area (Å²) in [5.41, 5.74) is 3.30. The molecule has 0 bridgehead atoms. The van der Waals surface area contributed by atoms with Crippen molar-refractivity contribution in [1.29, 1.82) is 5.26 Å². The normalized spacial score (nSPS) is 19.9. The van der Waals surface area contributed by atoms with Crippen LogP contribution in [0.1, 0.15) is 46.5 Å². The van der Waals surface area contributed by atoms with Crippen LogP contribution >= 0.6 is 0 Å². The van der Waals surface area contributed by atoms with Gasteiger partial charge in [-0.1, -0.05) is 24.3 Å². The lowest BCUT2D eigenvalue weighted by Crippen LogP contribution is -2.46. The maximum atomic E-state index is 15.2. The molecule has 9 nitrogen and oxygen atoms in total. The monoisotopic (exact) mass is 644 g/mol. The molecule has 2 aliphatic heterocycles. The van der Waals surface area contributed by atoms with Gasteiger partial charge >= 0.3 is 0 Å². The van der Waals surface area contributed by atoms with E-state index in [0.717, 1.165) is 43.6 Å². The van der Waals surface area contributed by atoms with Crippen LogP contribution in [0.15, 0.2) is 82.1 Å². The topological polar surface area (TPSA) is 116 Å². The van der Waals surface area contributed by atoms with Crippen LogP contribution in [0, 0.1) is 11.3 Å². The highest BCUT2D eigenvalue weighted by Gasteiger charge is 2.31. The highest BCUT2D eigenvalue weighted by molar-refractivity contribution is 7.90. The number of benzene rings is 3. The number of carbonyl (C=O) groups is 1. The number of hydrogen-bond acceptors (Lipinski definition) is 8. The molecule has 1 amide bonds. The predicted molar refractivity (Wildman–Crippen MR) is 172 cm³/mol. The number of nitrogens with zero attached hydrogens (tertiary/aromatic N) is 3. The van der Waals surface area contributed by atoms with Crippen molar-refractivity contribution < 1.29 is 26.8 Å². The zero-order valence-electron chi connectivity index (χ0n) is 25.7. The SMILES string of the molecule is CS(=O)(=O)c1ccc(CN2CCC(Oc3ccc4oc(C(=O)NC5CCN(Cc6ccc(C#N)cc6)CC5)cc4c3)C(F)C2)cc1. The van der Waals surface area contributed by atoms with Crippen molar-refractivity contribution in [3.05, 3.63) is 95.2 Å². The van der Waals surface area contributed by atoms with Crippen LogP contribution in [0.3, 0.4) is 0 Å². The second-order valence-electron chi connectivity index (χ2n) is 12.3. The number of furan rings is 1. The molecule has 2 fully saturated rings. The van der Waals surface area contributed by atoms with Gasteiger partial charge in [-0.15, -0.1) is 0 Å². The van der Waals surface area contributed by atoms with E-state index in [1.807, 2.05) is 29.2 Å². The Labute approximate surface area is 268 Å². The van der Waals surface area contributed by atoms with Gasteiger partial charge in [0.15, 0.2) is 15.6 Å². The van der Waals surface area contributed by atoms with Gasteiger partial charge in [0.05, 0.1) is 16.5 Å². The van der Waals surface area contributed by atoms with Gasteiger partial charge < -0.3 is 14.5 Å². The molecule has 1 aromatic heterocycles. The number of rotatable bonds is 9. The van der Waals surface area contributed by atoms with Gasteiger partial charge in [-0.25, -0.2) is 12.8 Å². The smallest absolute Gasteiger partial charge is 0.287 e. The standard InChI is InChI=1S/C35H37FN4O5S/c1-46(42,43)30-9-6-26(7-10-30)22-40-17-14-33(31(36)23-40)44-29-8-11-32-27(18-29)19-34(45-32)35(41)38-28-12-15-39(16-13-28)21-25-4-2-24(20-37)3-5-25/h2-11,18-19,28,31,33H,12-17,21-23H2,1H3,(H,38,41). The summed E-state index contributed by atoms with van der Waals surface area (Å²) in [5, 5.41) is 12.8. The largest absolute Gasteiger partial charge is 0.487 e. The molecule has 4 aromatic rings. The number of nitrogens with one attached hydrogen (secondary N) is 1. The van der Waals surface area contributed by atoms with Crippen LogP contribution in [-0.2, 0) is 22.9 Å². The molecule has 6 rings (SSSR count). The molecule has 2 atom stereocenters. The molecule has 3 aromatic carbocycles. The van der Waals surface area contributed by atoms with E-state index < -0.39 is 22.1 Å². The Balaban J connectivity index is 0.981. The lowest BCUT2D eigenvalue weighted by Gasteiger charge is -2.34. The van der Waals surface area contributed by atoms with Gasteiger partial charge in [-0.05, 0) is 78.9 Å². The van der Waals surface area contributed by atoms with Crippen molar-refractivity contribution in [2.75, 3.05) is 32.4 Å². The molecule has 11 heteroatoms. The van der Waals surface area contributed by atoms with E-state index in [2.05, 4.69) is 16.3 Å². The number of sulfone groups is 1. The molecule has 0 aliphatic carbocycles. The van der Waals surface area contributed by atoms with E-state index in [0.29, 0.717) is 41.8 Å². The van der Waals surface area contributed by atoms with E-state index in [9.17, 15) is 13.2 Å². The number of ether oxygens (including phenoxy) is 1. The minimum absolute atomic E-state index is 0.0519. The van der Waals surface area contributed by atoms with E-state index in [4.69, 9.17) is 14.4 Å². The van der Waals surface area contributed by atoms with Crippen molar-refractivity contribution in [2.45, 2.75) is 55.6 Å². The van der Waals surface area contributed by atoms with E-state index >= 15 is 4.39 Å². The van der Waals surface area contributed by atoms with Crippen LogP contribution in [0.4, 0.5) is 4.39 Å². The van der Waals surface area contributed by atoms with Crippen LogP contribution in [0.2, 0.25) is 0 Å². The Morgan fingerprint density at radius 3 is 2.26 bits per heavy atom. The number of nitriles is 1. The number of carbonyl (C=O) groups excluding carboxylic acids is 1. The van der Waals surface area contributed by atoms with Crippen LogP contribution in [0.5, 0.6) is 5.75 Å². The molecule has 240 valence electrons. The summed E-state index contributed by atoms with van der Waals surface area (Å²) >= 11 is 0. The average Bonchev–Trinajstić information content (AvgIpc) is 3.47. The molecule has 0 radical (unpaired) electrons. The summed E-state index contributed by atoms with van der Waals surface area (Å²) in [7, 11) is -3.26. The zero-order chi connectivity index (χ0) is 32.3. The Morgan fingerprint density at radius 2 is 1.61 bits per heavy atom. The Bertz CT molecular complexity index is 1830. The molecule has 46 heavy (non-hydrogen) atoms. The highest BCUT2D eigenvalue weighted by atomic mass is 32.2. The van der Waals surface area contributed by atoms with Gasteiger partial charge in [0.25, 0.3) is 5.91 Å². The first-order chi connectivity index (χ1) is 22.1.